The third-order valence-electron chi connectivity index (χ3n) is 3.46. The summed E-state index contributed by atoms with van der Waals surface area (Å²) < 4.78 is 0. The number of hydrogen-bond acceptors (Lipinski definition) is 1. The van der Waals surface area contributed by atoms with Crippen LogP contribution in [0.15, 0.2) is 12.2 Å². The summed E-state index contributed by atoms with van der Waals surface area (Å²) in [7, 11) is -0.517. The minimum atomic E-state index is -0.517. The fraction of sp³-hybridized carbons (Fsp3) is 0.846. The first kappa shape index (κ1) is 13.0. The van der Waals surface area contributed by atoms with Crippen LogP contribution < -0.4 is 0 Å². The molecule has 0 spiro atoms. The highest BCUT2D eigenvalue weighted by molar-refractivity contribution is 6.58. The normalized spacial score (nSPS) is 22.1. The van der Waals surface area contributed by atoms with Crippen LogP contribution >= 0.6 is 0 Å². The van der Waals surface area contributed by atoms with Gasteiger partial charge in [0, 0.05) is 15.3 Å². The van der Waals surface area contributed by atoms with Crippen LogP contribution in [0.2, 0.25) is 18.6 Å². The van der Waals surface area contributed by atoms with Crippen molar-refractivity contribution in [3.05, 3.63) is 12.2 Å². The van der Waals surface area contributed by atoms with Gasteiger partial charge in [0.25, 0.3) is 0 Å². The highest BCUT2D eigenvalue weighted by Gasteiger charge is 2.16. The Balaban J connectivity index is 2.41. The smallest absolute Gasteiger partial charge is 0.0396 e. The zero-order chi connectivity index (χ0) is 11.1. The maximum atomic E-state index is 2.70. The van der Waals surface area contributed by atoms with Crippen molar-refractivity contribution in [1.29, 1.82) is 0 Å². The van der Waals surface area contributed by atoms with Gasteiger partial charge in [-0.3, -0.25) is 0 Å². The number of nitrogens with zero attached hydrogens (tertiary/aromatic N) is 1. The van der Waals surface area contributed by atoms with E-state index in [1.165, 1.54) is 45.3 Å². The summed E-state index contributed by atoms with van der Waals surface area (Å²) in [6, 6.07) is 0. The van der Waals surface area contributed by atoms with Crippen molar-refractivity contribution in [2.24, 2.45) is 0 Å². The zero-order valence-electron chi connectivity index (χ0n) is 10.7. The molecule has 0 amide bonds. The monoisotopic (exact) mass is 225 g/mol. The molecule has 1 rings (SSSR count). The number of likely N-dealkylation sites (tertiary alicyclic amines) is 1. The van der Waals surface area contributed by atoms with Gasteiger partial charge < -0.3 is 4.90 Å². The van der Waals surface area contributed by atoms with Gasteiger partial charge in [0.2, 0.25) is 0 Å². The van der Waals surface area contributed by atoms with Gasteiger partial charge in [-0.2, -0.15) is 0 Å². The average Bonchev–Trinajstić information content (AvgIpc) is 2.45. The summed E-state index contributed by atoms with van der Waals surface area (Å²) in [4.78, 5) is 2.70. The topological polar surface area (TPSA) is 3.24 Å². The van der Waals surface area contributed by atoms with Crippen LogP contribution in [-0.2, 0) is 0 Å². The highest BCUT2D eigenvalue weighted by Crippen LogP contribution is 2.18. The second kappa shape index (κ2) is 7.23. The molecule has 0 aliphatic carbocycles. The maximum Gasteiger partial charge on any atom is 0.0396 e. The van der Waals surface area contributed by atoms with Gasteiger partial charge in [-0.05, 0) is 38.4 Å². The van der Waals surface area contributed by atoms with Crippen LogP contribution in [-0.4, -0.2) is 33.3 Å². The first-order valence-corrected chi connectivity index (χ1v) is 9.57. The van der Waals surface area contributed by atoms with Gasteiger partial charge in [-0.25, -0.2) is 0 Å². The van der Waals surface area contributed by atoms with Crippen LogP contribution in [0.5, 0.6) is 0 Å². The molecule has 0 bridgehead atoms. The lowest BCUT2D eigenvalue weighted by Crippen LogP contribution is -2.31. The number of allylic oxidation sites excluding steroid dienone is 1. The lowest BCUT2D eigenvalue weighted by Gasteiger charge is -2.26. The third-order valence-corrected chi connectivity index (χ3v) is 5.61. The molecule has 1 aliphatic heterocycles. The molecule has 0 aromatic heterocycles. The number of rotatable bonds is 4. The van der Waals surface area contributed by atoms with Gasteiger partial charge in [0.1, 0.15) is 0 Å². The molecule has 1 aliphatic rings. The summed E-state index contributed by atoms with van der Waals surface area (Å²) in [6.07, 6.45) is 10.4. The van der Waals surface area contributed by atoms with Crippen molar-refractivity contribution < 1.29 is 0 Å². The van der Waals surface area contributed by atoms with Crippen molar-refractivity contribution in [1.82, 2.24) is 4.90 Å². The van der Waals surface area contributed by atoms with E-state index in [1.54, 1.807) is 0 Å². The SMILES string of the molecule is CC=CC(CN1CCCCCC1)[SiH](C)C. The van der Waals surface area contributed by atoms with E-state index < -0.39 is 8.80 Å². The van der Waals surface area contributed by atoms with Gasteiger partial charge in [0.05, 0.1) is 0 Å². The van der Waals surface area contributed by atoms with E-state index in [1.807, 2.05) is 0 Å². The molecule has 0 aromatic rings. The molecule has 0 radical (unpaired) electrons. The highest BCUT2D eigenvalue weighted by atomic mass is 28.3. The van der Waals surface area contributed by atoms with Crippen molar-refractivity contribution in [3.8, 4) is 0 Å². The molecule has 0 saturated carbocycles. The predicted octanol–water partition coefficient (Wildman–Crippen LogP) is 3.30. The summed E-state index contributed by atoms with van der Waals surface area (Å²) in [6.45, 7) is 11.1. The van der Waals surface area contributed by atoms with Crippen molar-refractivity contribution in [2.75, 3.05) is 19.6 Å². The van der Waals surface area contributed by atoms with E-state index in [0.717, 1.165) is 5.54 Å². The van der Waals surface area contributed by atoms with Crippen LogP contribution in [0.25, 0.3) is 0 Å². The van der Waals surface area contributed by atoms with E-state index in [0.29, 0.717) is 0 Å². The molecule has 2 heteroatoms. The fourth-order valence-electron chi connectivity index (χ4n) is 2.36. The lowest BCUT2D eigenvalue weighted by molar-refractivity contribution is 0.290. The van der Waals surface area contributed by atoms with Crippen molar-refractivity contribution in [3.63, 3.8) is 0 Å². The minimum Gasteiger partial charge on any atom is -0.303 e. The molecular weight excluding hydrogens is 198 g/mol. The van der Waals surface area contributed by atoms with Crippen molar-refractivity contribution in [2.45, 2.75) is 51.2 Å². The molecule has 0 aromatic carbocycles. The van der Waals surface area contributed by atoms with Crippen LogP contribution in [0.4, 0.5) is 0 Å². The molecule has 88 valence electrons. The van der Waals surface area contributed by atoms with Crippen LogP contribution in [0, 0.1) is 0 Å². The Morgan fingerprint density at radius 3 is 2.20 bits per heavy atom. The Morgan fingerprint density at radius 1 is 1.13 bits per heavy atom. The van der Waals surface area contributed by atoms with E-state index >= 15 is 0 Å². The molecule has 1 atom stereocenters. The van der Waals surface area contributed by atoms with Gasteiger partial charge in [0.15, 0.2) is 0 Å². The van der Waals surface area contributed by atoms with Crippen molar-refractivity contribution >= 4 is 8.80 Å². The van der Waals surface area contributed by atoms with Crippen LogP contribution in [0.1, 0.15) is 32.6 Å². The largest absolute Gasteiger partial charge is 0.303 e. The Bertz CT molecular complexity index is 181. The predicted molar refractivity (Wildman–Crippen MR) is 72.3 cm³/mol. The molecule has 0 N–H and O–H groups in total. The van der Waals surface area contributed by atoms with E-state index in [9.17, 15) is 0 Å². The molecule has 1 fully saturated rings. The molecule has 1 nitrogen and oxygen atoms in total. The summed E-state index contributed by atoms with van der Waals surface area (Å²) in [5, 5.41) is 0. The van der Waals surface area contributed by atoms with Gasteiger partial charge >= 0.3 is 0 Å². The second-order valence-corrected chi connectivity index (χ2v) is 8.49. The van der Waals surface area contributed by atoms with E-state index in [2.05, 4.69) is 37.1 Å². The minimum absolute atomic E-state index is 0.517. The number of hydrogen-bond donors (Lipinski definition) is 0. The lowest BCUT2D eigenvalue weighted by atomic mass is 10.2. The van der Waals surface area contributed by atoms with E-state index in [-0.39, 0.29) is 0 Å². The average molecular weight is 225 g/mol. The molecule has 1 unspecified atom stereocenters. The third kappa shape index (κ3) is 4.98. The standard InChI is InChI=1S/C13H27NSi/c1-4-9-13(15(2)3)12-14-10-7-5-6-8-11-14/h4,9,13,15H,5-8,10-12H2,1-3H3. The van der Waals surface area contributed by atoms with Gasteiger partial charge in [-0.1, -0.05) is 38.1 Å². The second-order valence-electron chi connectivity index (χ2n) is 5.15. The molecule has 15 heavy (non-hydrogen) atoms. The maximum absolute atomic E-state index is 2.70. The zero-order valence-corrected chi connectivity index (χ0v) is 11.9. The Morgan fingerprint density at radius 2 is 1.73 bits per heavy atom. The first-order chi connectivity index (χ1) is 7.24. The Labute approximate surface area is 97.2 Å². The fourth-order valence-corrected chi connectivity index (χ4v) is 3.74. The van der Waals surface area contributed by atoms with E-state index in [4.69, 9.17) is 0 Å². The summed E-state index contributed by atoms with van der Waals surface area (Å²) in [5.74, 6) is 0. The summed E-state index contributed by atoms with van der Waals surface area (Å²) in [5.41, 5.74) is 0.882. The van der Waals surface area contributed by atoms with Crippen LogP contribution in [0.3, 0.4) is 0 Å². The Hall–Kier alpha value is -0.0831. The quantitative estimate of drug-likeness (QED) is 0.524. The van der Waals surface area contributed by atoms with Gasteiger partial charge in [-0.15, -0.1) is 0 Å². The molecule has 1 saturated heterocycles. The molecular formula is C13H27NSi. The Kier molecular flexibility index (Phi) is 6.26. The summed E-state index contributed by atoms with van der Waals surface area (Å²) >= 11 is 0. The molecule has 1 heterocycles. The first-order valence-electron chi connectivity index (χ1n) is 6.59.